The Hall–Kier alpha value is -1.10. The molecule has 1 aliphatic rings. The molecule has 1 amide bonds. The van der Waals surface area contributed by atoms with Gasteiger partial charge in [-0.25, -0.2) is 0 Å². The van der Waals surface area contributed by atoms with E-state index in [4.69, 9.17) is 5.11 Å². The quantitative estimate of drug-likeness (QED) is 0.476. The Labute approximate surface area is 88.8 Å². The third-order valence-electron chi connectivity index (χ3n) is 2.56. The van der Waals surface area contributed by atoms with Crippen molar-refractivity contribution in [2.75, 3.05) is 19.8 Å². The molecule has 1 rings (SSSR count). The molecule has 0 bridgehead atoms. The number of aliphatic hydroxyl groups is 1. The molecule has 86 valence electrons. The molecule has 5 nitrogen and oxygen atoms in total. The molecule has 0 heterocycles. The van der Waals surface area contributed by atoms with Gasteiger partial charge in [0.05, 0.1) is 13.2 Å². The van der Waals surface area contributed by atoms with E-state index in [-0.39, 0.29) is 31.0 Å². The van der Waals surface area contributed by atoms with E-state index in [0.29, 0.717) is 6.54 Å². The monoisotopic (exact) mass is 215 g/mol. The van der Waals surface area contributed by atoms with Gasteiger partial charge in [-0.05, 0) is 19.8 Å². The first-order valence-corrected chi connectivity index (χ1v) is 5.15. The highest BCUT2D eigenvalue weighted by Crippen LogP contribution is 2.44. The molecule has 1 fully saturated rings. The van der Waals surface area contributed by atoms with Crippen molar-refractivity contribution in [1.29, 1.82) is 0 Å². The van der Waals surface area contributed by atoms with E-state index in [9.17, 15) is 9.59 Å². The molecular formula is C10H17NO4. The van der Waals surface area contributed by atoms with E-state index in [1.54, 1.807) is 6.92 Å². The first kappa shape index (κ1) is 12.0. The highest BCUT2D eigenvalue weighted by Gasteiger charge is 2.42. The Bertz CT molecular complexity index is 248. The van der Waals surface area contributed by atoms with E-state index in [1.807, 2.05) is 0 Å². The van der Waals surface area contributed by atoms with Crippen molar-refractivity contribution in [2.24, 2.45) is 5.41 Å². The topological polar surface area (TPSA) is 75.6 Å². The number of hydrogen-bond donors (Lipinski definition) is 2. The van der Waals surface area contributed by atoms with Gasteiger partial charge >= 0.3 is 5.97 Å². The number of esters is 1. The van der Waals surface area contributed by atoms with E-state index < -0.39 is 5.97 Å². The van der Waals surface area contributed by atoms with Crippen LogP contribution in [0, 0.1) is 5.41 Å². The number of nitrogens with one attached hydrogen (secondary N) is 1. The highest BCUT2D eigenvalue weighted by molar-refractivity contribution is 5.94. The van der Waals surface area contributed by atoms with Crippen LogP contribution in [0.5, 0.6) is 0 Å². The van der Waals surface area contributed by atoms with Crippen molar-refractivity contribution in [3.63, 3.8) is 0 Å². The zero-order valence-electron chi connectivity index (χ0n) is 8.91. The first-order chi connectivity index (χ1) is 7.12. The molecule has 0 atom stereocenters. The van der Waals surface area contributed by atoms with Crippen LogP contribution < -0.4 is 5.32 Å². The van der Waals surface area contributed by atoms with Gasteiger partial charge in [0.1, 0.15) is 6.42 Å². The fraction of sp³-hybridized carbons (Fsp3) is 0.800. The Morgan fingerprint density at radius 3 is 2.60 bits per heavy atom. The molecular weight excluding hydrogens is 198 g/mol. The predicted octanol–water partition coefficient (Wildman–Crippen LogP) is -0.172. The van der Waals surface area contributed by atoms with Gasteiger partial charge in [0, 0.05) is 12.0 Å². The van der Waals surface area contributed by atoms with Crippen LogP contribution in [0.2, 0.25) is 0 Å². The summed E-state index contributed by atoms with van der Waals surface area (Å²) in [5.74, 6) is -0.850. The van der Waals surface area contributed by atoms with Crippen molar-refractivity contribution < 1.29 is 19.4 Å². The first-order valence-electron chi connectivity index (χ1n) is 5.15. The molecule has 1 aliphatic carbocycles. The minimum Gasteiger partial charge on any atom is -0.466 e. The van der Waals surface area contributed by atoms with Crippen LogP contribution in [-0.4, -0.2) is 36.7 Å². The van der Waals surface area contributed by atoms with Gasteiger partial charge in [-0.2, -0.15) is 0 Å². The molecule has 0 spiro atoms. The van der Waals surface area contributed by atoms with Crippen LogP contribution in [-0.2, 0) is 14.3 Å². The minimum absolute atomic E-state index is 0.0900. The van der Waals surface area contributed by atoms with Crippen LogP contribution in [0.3, 0.4) is 0 Å². The van der Waals surface area contributed by atoms with Crippen LogP contribution in [0.1, 0.15) is 26.2 Å². The summed E-state index contributed by atoms with van der Waals surface area (Å²) >= 11 is 0. The van der Waals surface area contributed by atoms with Gasteiger partial charge in [0.25, 0.3) is 0 Å². The van der Waals surface area contributed by atoms with Gasteiger partial charge in [-0.1, -0.05) is 0 Å². The Kier molecular flexibility index (Phi) is 4.08. The lowest BCUT2D eigenvalue weighted by atomic mass is 10.1. The van der Waals surface area contributed by atoms with Gasteiger partial charge in [-0.3, -0.25) is 9.59 Å². The number of carbonyl (C=O) groups is 2. The third kappa shape index (κ3) is 3.87. The third-order valence-corrected chi connectivity index (χ3v) is 2.56. The maximum Gasteiger partial charge on any atom is 0.315 e. The van der Waals surface area contributed by atoms with Gasteiger partial charge < -0.3 is 15.2 Å². The van der Waals surface area contributed by atoms with E-state index in [1.165, 1.54) is 0 Å². The lowest BCUT2D eigenvalue weighted by Gasteiger charge is -2.12. The number of aliphatic hydroxyl groups excluding tert-OH is 1. The largest absolute Gasteiger partial charge is 0.466 e. The van der Waals surface area contributed by atoms with Gasteiger partial charge in [0.15, 0.2) is 0 Å². The zero-order valence-corrected chi connectivity index (χ0v) is 8.91. The zero-order chi connectivity index (χ0) is 11.3. The van der Waals surface area contributed by atoms with E-state index in [0.717, 1.165) is 12.8 Å². The summed E-state index contributed by atoms with van der Waals surface area (Å²) in [7, 11) is 0. The molecule has 1 saturated carbocycles. The molecule has 0 aromatic carbocycles. The smallest absolute Gasteiger partial charge is 0.315 e. The maximum absolute atomic E-state index is 11.2. The molecule has 5 heteroatoms. The second-order valence-electron chi connectivity index (χ2n) is 3.92. The van der Waals surface area contributed by atoms with Crippen molar-refractivity contribution >= 4 is 11.9 Å². The highest BCUT2D eigenvalue weighted by atomic mass is 16.5. The predicted molar refractivity (Wildman–Crippen MR) is 53.0 cm³/mol. The average molecular weight is 215 g/mol. The second-order valence-corrected chi connectivity index (χ2v) is 3.92. The maximum atomic E-state index is 11.2. The molecule has 0 unspecified atom stereocenters. The average Bonchev–Trinajstić information content (AvgIpc) is 2.96. The summed E-state index contributed by atoms with van der Waals surface area (Å²) in [5.41, 5.74) is -0.121. The number of ether oxygens (including phenoxy) is 1. The second kappa shape index (κ2) is 5.11. The van der Waals surface area contributed by atoms with Gasteiger partial charge in [-0.15, -0.1) is 0 Å². The fourth-order valence-electron chi connectivity index (χ4n) is 1.26. The SMILES string of the molecule is CCOC(=O)CC(=O)NCC1(CO)CC1. The molecule has 0 aromatic rings. The summed E-state index contributed by atoms with van der Waals surface area (Å²) in [6, 6.07) is 0. The molecule has 0 aromatic heterocycles. The molecule has 0 saturated heterocycles. The summed E-state index contributed by atoms with van der Waals surface area (Å²) < 4.78 is 4.64. The van der Waals surface area contributed by atoms with Crippen molar-refractivity contribution in [3.8, 4) is 0 Å². The normalized spacial score (nSPS) is 16.9. The number of carbonyl (C=O) groups excluding carboxylic acids is 2. The molecule has 2 N–H and O–H groups in total. The summed E-state index contributed by atoms with van der Waals surface area (Å²) in [6.07, 6.45) is 1.63. The Morgan fingerprint density at radius 1 is 1.47 bits per heavy atom. The van der Waals surface area contributed by atoms with Crippen molar-refractivity contribution in [2.45, 2.75) is 26.2 Å². The molecule has 0 aliphatic heterocycles. The van der Waals surface area contributed by atoms with Crippen LogP contribution >= 0.6 is 0 Å². The van der Waals surface area contributed by atoms with Crippen LogP contribution in [0.4, 0.5) is 0 Å². The fourth-order valence-corrected chi connectivity index (χ4v) is 1.26. The summed E-state index contributed by atoms with van der Waals surface area (Å²) in [5, 5.41) is 11.6. The van der Waals surface area contributed by atoms with Crippen LogP contribution in [0.25, 0.3) is 0 Å². The standard InChI is InChI=1S/C10H17NO4/c1-2-15-9(14)5-8(13)11-6-10(7-12)3-4-10/h12H,2-7H2,1H3,(H,11,13). The Balaban J connectivity index is 2.16. The van der Waals surface area contributed by atoms with E-state index >= 15 is 0 Å². The number of rotatable bonds is 6. The number of hydrogen-bond acceptors (Lipinski definition) is 4. The summed E-state index contributed by atoms with van der Waals surface area (Å²) in [6.45, 7) is 2.52. The lowest BCUT2D eigenvalue weighted by Crippen LogP contribution is -2.33. The van der Waals surface area contributed by atoms with Gasteiger partial charge in [0.2, 0.25) is 5.91 Å². The molecule has 0 radical (unpaired) electrons. The minimum atomic E-state index is -0.510. The lowest BCUT2D eigenvalue weighted by molar-refractivity contribution is -0.146. The summed E-state index contributed by atoms with van der Waals surface area (Å²) in [4.78, 5) is 22.2. The van der Waals surface area contributed by atoms with Crippen molar-refractivity contribution in [3.05, 3.63) is 0 Å². The van der Waals surface area contributed by atoms with E-state index in [2.05, 4.69) is 10.1 Å². The van der Waals surface area contributed by atoms with Crippen LogP contribution in [0.15, 0.2) is 0 Å². The molecule has 15 heavy (non-hydrogen) atoms. The van der Waals surface area contributed by atoms with Crippen molar-refractivity contribution in [1.82, 2.24) is 5.32 Å². The number of amides is 1. The Morgan fingerprint density at radius 2 is 2.13 bits per heavy atom.